The lowest BCUT2D eigenvalue weighted by Crippen LogP contribution is -2.30. The number of rotatable bonds is 10. The van der Waals surface area contributed by atoms with Crippen LogP contribution >= 0.6 is 7.14 Å². The van der Waals surface area contributed by atoms with Crippen LogP contribution in [0.25, 0.3) is 56.4 Å². The molecule has 1 heterocycles. The number of nitrogens with zero attached hydrogens (tertiary/aromatic N) is 3. The van der Waals surface area contributed by atoms with Crippen LogP contribution in [0.15, 0.2) is 218 Å². The van der Waals surface area contributed by atoms with Crippen LogP contribution < -0.4 is 15.9 Å². The summed E-state index contributed by atoms with van der Waals surface area (Å²) in [5.74, 6) is 1.95. The molecule has 0 radical (unpaired) electrons. The summed E-state index contributed by atoms with van der Waals surface area (Å²) >= 11 is 0. The zero-order valence-corrected chi connectivity index (χ0v) is 35.4. The molecule has 4 nitrogen and oxygen atoms in total. The van der Waals surface area contributed by atoms with Crippen LogP contribution in [0, 0.1) is 0 Å². The summed E-state index contributed by atoms with van der Waals surface area (Å²) in [5, 5.41) is 2.51. The molecule has 1 fully saturated rings. The van der Waals surface area contributed by atoms with E-state index in [1.165, 1.54) is 30.4 Å². The first-order valence-corrected chi connectivity index (χ1v) is 23.3. The van der Waals surface area contributed by atoms with Crippen LogP contribution in [0.4, 0.5) is 0 Å². The van der Waals surface area contributed by atoms with E-state index in [2.05, 4.69) is 115 Å². The van der Waals surface area contributed by atoms with Crippen molar-refractivity contribution in [2.24, 2.45) is 0 Å². The van der Waals surface area contributed by atoms with Crippen molar-refractivity contribution in [1.29, 1.82) is 0 Å². The average molecular weight is 820 g/mol. The van der Waals surface area contributed by atoms with Gasteiger partial charge >= 0.3 is 0 Å². The third kappa shape index (κ3) is 7.53. The highest BCUT2D eigenvalue weighted by molar-refractivity contribution is 7.85. The van der Waals surface area contributed by atoms with Crippen molar-refractivity contribution in [2.75, 3.05) is 0 Å². The Morgan fingerprint density at radius 3 is 1.32 bits per heavy atom. The third-order valence-electron chi connectivity index (χ3n) is 12.5. The molecular formula is C57H46N3OP. The minimum atomic E-state index is -3.10. The van der Waals surface area contributed by atoms with Gasteiger partial charge in [-0.25, -0.2) is 15.0 Å². The smallest absolute Gasteiger partial charge is 0.171 e. The maximum atomic E-state index is 15.2. The third-order valence-corrected chi connectivity index (χ3v) is 15.6. The second-order valence-electron chi connectivity index (χ2n) is 16.2. The summed E-state index contributed by atoms with van der Waals surface area (Å²) in [7, 11) is -3.10. The van der Waals surface area contributed by atoms with Gasteiger partial charge in [-0.1, -0.05) is 232 Å². The number of benzene rings is 8. The largest absolute Gasteiger partial charge is 0.309 e. The van der Waals surface area contributed by atoms with Crippen LogP contribution in [-0.4, -0.2) is 15.0 Å². The average Bonchev–Trinajstić information content (AvgIpc) is 3.37. The lowest BCUT2D eigenvalue weighted by atomic mass is 9.65. The van der Waals surface area contributed by atoms with E-state index in [9.17, 15) is 0 Å². The van der Waals surface area contributed by atoms with E-state index in [4.69, 9.17) is 15.0 Å². The first-order chi connectivity index (χ1) is 30.6. The molecule has 8 aromatic carbocycles. The molecule has 0 N–H and O–H groups in total. The molecule has 1 aromatic heterocycles. The zero-order valence-electron chi connectivity index (χ0n) is 34.5. The molecule has 0 atom stereocenters. The van der Waals surface area contributed by atoms with Crippen LogP contribution in [-0.2, 0) is 9.98 Å². The molecule has 300 valence electrons. The van der Waals surface area contributed by atoms with Gasteiger partial charge in [0.25, 0.3) is 0 Å². The van der Waals surface area contributed by atoms with Gasteiger partial charge in [-0.15, -0.1) is 0 Å². The van der Waals surface area contributed by atoms with Crippen molar-refractivity contribution >= 4 is 23.1 Å². The second kappa shape index (κ2) is 17.2. The normalized spacial score (nSPS) is 13.7. The van der Waals surface area contributed by atoms with Gasteiger partial charge in [0.05, 0.1) is 0 Å². The predicted molar refractivity (Wildman–Crippen MR) is 257 cm³/mol. The van der Waals surface area contributed by atoms with Gasteiger partial charge in [0, 0.05) is 38.0 Å². The minimum Gasteiger partial charge on any atom is -0.309 e. The maximum Gasteiger partial charge on any atom is 0.171 e. The Bertz CT molecular complexity index is 2940. The van der Waals surface area contributed by atoms with Gasteiger partial charge in [-0.3, -0.25) is 0 Å². The summed E-state index contributed by atoms with van der Waals surface area (Å²) in [6.07, 6.45) is 5.77. The Labute approximate surface area is 364 Å². The molecule has 0 unspecified atom stereocenters. The number of hydrogen-bond acceptors (Lipinski definition) is 4. The Hall–Kier alpha value is -7.00. The number of aromatic nitrogens is 3. The Balaban J connectivity index is 0.996. The lowest BCUT2D eigenvalue weighted by Gasteiger charge is -2.39. The van der Waals surface area contributed by atoms with Crippen LogP contribution in [0.1, 0.15) is 43.2 Å². The summed E-state index contributed by atoms with van der Waals surface area (Å²) in [6, 6.07) is 75.2. The van der Waals surface area contributed by atoms with Crippen LogP contribution in [0.3, 0.4) is 0 Å². The predicted octanol–water partition coefficient (Wildman–Crippen LogP) is 13.1. The topological polar surface area (TPSA) is 55.7 Å². The summed E-state index contributed by atoms with van der Waals surface area (Å²) < 4.78 is 15.2. The summed E-state index contributed by atoms with van der Waals surface area (Å²) in [4.78, 5) is 15.3. The summed E-state index contributed by atoms with van der Waals surface area (Å²) in [5.41, 5.74) is 9.77. The molecule has 0 spiro atoms. The van der Waals surface area contributed by atoms with Gasteiger partial charge in [-0.2, -0.15) is 0 Å². The first-order valence-electron chi connectivity index (χ1n) is 21.6. The molecule has 0 saturated heterocycles. The van der Waals surface area contributed by atoms with E-state index in [1.54, 1.807) is 0 Å². The molecule has 5 heteroatoms. The molecule has 9 aromatic rings. The molecule has 0 amide bonds. The van der Waals surface area contributed by atoms with E-state index >= 15 is 4.57 Å². The lowest BCUT2D eigenvalue weighted by molar-refractivity contribution is 0.346. The summed E-state index contributed by atoms with van der Waals surface area (Å²) in [6.45, 7) is 0. The molecule has 62 heavy (non-hydrogen) atoms. The molecule has 10 rings (SSSR count). The standard InChI is InChI=1S/C57H46N3OP/c61-62(49-24-10-3-11-25-49,50-26-12-4-13-27-50)51-28-18-23-46(41-51)42-31-35-47(36-32-42)57(39-16-5-17-40-57)48-37-33-45(34-38-48)55-58-54(44-21-8-2-9-22-44)59-56(60-55)53-30-15-14-29-52(53)43-19-6-1-7-20-43/h1-4,6-15,18-38,41H,5,16-17,39-40H2. The fourth-order valence-electron chi connectivity index (χ4n) is 9.31. The quantitative estimate of drug-likeness (QED) is 0.129. The highest BCUT2D eigenvalue weighted by Crippen LogP contribution is 2.47. The minimum absolute atomic E-state index is 0.110. The second-order valence-corrected chi connectivity index (χ2v) is 19.0. The fraction of sp³-hybridized carbons (Fsp3) is 0.105. The Kier molecular flexibility index (Phi) is 10.8. The highest BCUT2D eigenvalue weighted by atomic mass is 31.2. The Morgan fingerprint density at radius 2 is 0.758 bits per heavy atom. The maximum absolute atomic E-state index is 15.2. The van der Waals surface area contributed by atoms with Gasteiger partial charge < -0.3 is 4.57 Å². The van der Waals surface area contributed by atoms with Crippen molar-refractivity contribution < 1.29 is 4.57 Å². The van der Waals surface area contributed by atoms with E-state index in [-0.39, 0.29) is 5.41 Å². The fourth-order valence-corrected chi connectivity index (χ4v) is 12.0. The highest BCUT2D eigenvalue weighted by Gasteiger charge is 2.36. The number of hydrogen-bond donors (Lipinski definition) is 0. The van der Waals surface area contributed by atoms with Gasteiger partial charge in [0.15, 0.2) is 24.6 Å². The Morgan fingerprint density at radius 1 is 0.339 bits per heavy atom. The van der Waals surface area contributed by atoms with Gasteiger partial charge in [-0.05, 0) is 52.3 Å². The van der Waals surface area contributed by atoms with Crippen molar-refractivity contribution in [1.82, 2.24) is 15.0 Å². The van der Waals surface area contributed by atoms with Crippen molar-refractivity contribution in [3.63, 3.8) is 0 Å². The van der Waals surface area contributed by atoms with Gasteiger partial charge in [0.2, 0.25) is 0 Å². The van der Waals surface area contributed by atoms with Crippen molar-refractivity contribution in [3.05, 3.63) is 230 Å². The molecular weight excluding hydrogens is 774 g/mol. The van der Waals surface area contributed by atoms with Gasteiger partial charge in [0.1, 0.15) is 0 Å². The molecule has 0 bridgehead atoms. The molecule has 1 aliphatic rings. The van der Waals surface area contributed by atoms with Crippen molar-refractivity contribution in [3.8, 4) is 56.4 Å². The first kappa shape index (κ1) is 39.2. The van der Waals surface area contributed by atoms with Crippen LogP contribution in [0.2, 0.25) is 0 Å². The molecule has 1 aliphatic carbocycles. The van der Waals surface area contributed by atoms with E-state index in [0.29, 0.717) is 17.5 Å². The van der Waals surface area contributed by atoms with E-state index in [0.717, 1.165) is 67.7 Å². The van der Waals surface area contributed by atoms with E-state index in [1.807, 2.05) is 103 Å². The van der Waals surface area contributed by atoms with Crippen LogP contribution in [0.5, 0.6) is 0 Å². The SMILES string of the molecule is O=P(c1ccccc1)(c1ccccc1)c1cccc(-c2ccc(C3(c4ccc(-c5nc(-c6ccccc6)nc(-c6ccccc6-c6ccccc6)n5)cc4)CCCCC3)cc2)c1. The monoisotopic (exact) mass is 819 g/mol. The zero-order chi connectivity index (χ0) is 41.8. The van der Waals surface area contributed by atoms with E-state index < -0.39 is 7.14 Å². The molecule has 1 saturated carbocycles. The molecule has 0 aliphatic heterocycles. The van der Waals surface area contributed by atoms with Crippen molar-refractivity contribution in [2.45, 2.75) is 37.5 Å².